The highest BCUT2D eigenvalue weighted by atomic mass is 35.5. The topological polar surface area (TPSA) is 102 Å². The minimum atomic E-state index is -1.32. The quantitative estimate of drug-likeness (QED) is 0.302. The molecule has 43 heavy (non-hydrogen) atoms. The van der Waals surface area contributed by atoms with Crippen LogP contribution in [0.2, 0.25) is 5.02 Å². The van der Waals surface area contributed by atoms with Gasteiger partial charge in [-0.05, 0) is 55.8 Å². The molecule has 2 fully saturated rings. The minimum Gasteiger partial charge on any atom is -0.477 e. The molecule has 7 rings (SSSR count). The summed E-state index contributed by atoms with van der Waals surface area (Å²) in [5.41, 5.74) is 2.39. The molecule has 5 heterocycles. The first-order chi connectivity index (χ1) is 20.7. The third-order valence-electron chi connectivity index (χ3n) is 8.58. The molecule has 224 valence electrons. The van der Waals surface area contributed by atoms with Gasteiger partial charge in [-0.1, -0.05) is 17.7 Å². The van der Waals surface area contributed by atoms with E-state index in [1.165, 1.54) is 12.1 Å². The van der Waals surface area contributed by atoms with Crippen LogP contribution in [-0.4, -0.2) is 69.4 Å². The number of aromatic nitrogens is 3. The summed E-state index contributed by atoms with van der Waals surface area (Å²) in [4.78, 5) is 25.6. The number of ether oxygens (including phenoxy) is 3. The Morgan fingerprint density at radius 1 is 1.14 bits per heavy atom. The number of carboxylic acids is 1. The maximum absolute atomic E-state index is 14.8. The average molecular weight is 608 g/mol. The first-order valence-electron chi connectivity index (χ1n) is 14.4. The van der Waals surface area contributed by atoms with Gasteiger partial charge in [0.2, 0.25) is 0 Å². The Bertz CT molecular complexity index is 1720. The van der Waals surface area contributed by atoms with Gasteiger partial charge < -0.3 is 28.8 Å². The lowest BCUT2D eigenvalue weighted by Crippen LogP contribution is -2.47. The largest absolute Gasteiger partial charge is 0.477 e. The summed E-state index contributed by atoms with van der Waals surface area (Å²) in [5.74, 6) is -0.890. The number of hydrogen-bond donors (Lipinski definition) is 1. The first-order valence-corrected chi connectivity index (χ1v) is 14.8. The summed E-state index contributed by atoms with van der Waals surface area (Å²) in [6.45, 7) is 8.09. The van der Waals surface area contributed by atoms with E-state index in [9.17, 15) is 14.3 Å². The average Bonchev–Trinajstić information content (AvgIpc) is 3.51. The van der Waals surface area contributed by atoms with Crippen LogP contribution in [0.4, 0.5) is 10.1 Å². The van der Waals surface area contributed by atoms with Gasteiger partial charge in [0.15, 0.2) is 22.8 Å². The third kappa shape index (κ3) is 4.95. The molecule has 2 aromatic heterocycles. The minimum absolute atomic E-state index is 0.00696. The lowest BCUT2D eigenvalue weighted by Gasteiger charge is -2.39. The molecule has 3 aliphatic heterocycles. The molecule has 1 unspecified atom stereocenters. The van der Waals surface area contributed by atoms with Crippen LogP contribution in [0.25, 0.3) is 11.2 Å². The van der Waals surface area contributed by atoms with E-state index in [1.807, 2.05) is 22.8 Å². The second kappa shape index (κ2) is 10.7. The van der Waals surface area contributed by atoms with E-state index in [0.29, 0.717) is 34.2 Å². The SMILES string of the molecule is CC(c1nc2ccc(C(=O)O)nc2n1C[C@@H]1CCO1)N1CCN(c2cccc3c2O[C@](C)(c2ccc(Cl)cc2F)O3)CC1. The Balaban J connectivity index is 1.10. The van der Waals surface area contributed by atoms with Crippen molar-refractivity contribution in [1.82, 2.24) is 19.4 Å². The molecule has 4 aromatic rings. The summed E-state index contributed by atoms with van der Waals surface area (Å²) in [6.07, 6.45) is 1.01. The molecule has 3 aliphatic rings. The van der Waals surface area contributed by atoms with Crippen molar-refractivity contribution in [3.8, 4) is 11.5 Å². The summed E-state index contributed by atoms with van der Waals surface area (Å²) >= 11 is 5.97. The number of carboxylic acid groups (broad SMARTS) is 1. The Labute approximate surface area is 252 Å². The van der Waals surface area contributed by atoms with Crippen LogP contribution < -0.4 is 14.4 Å². The molecule has 0 bridgehead atoms. The number of piperazine rings is 1. The Kier molecular flexibility index (Phi) is 6.91. The highest BCUT2D eigenvalue weighted by Crippen LogP contribution is 2.50. The maximum atomic E-state index is 14.8. The zero-order valence-corrected chi connectivity index (χ0v) is 24.6. The third-order valence-corrected chi connectivity index (χ3v) is 8.81. The molecule has 0 spiro atoms. The molecule has 0 aliphatic carbocycles. The van der Waals surface area contributed by atoms with Crippen molar-refractivity contribution >= 4 is 34.4 Å². The van der Waals surface area contributed by atoms with Gasteiger partial charge in [0.05, 0.1) is 29.9 Å². The Hall–Kier alpha value is -3.93. The first kappa shape index (κ1) is 27.9. The van der Waals surface area contributed by atoms with Gasteiger partial charge in [0.25, 0.3) is 5.79 Å². The van der Waals surface area contributed by atoms with Crippen molar-refractivity contribution < 1.29 is 28.5 Å². The zero-order valence-electron chi connectivity index (χ0n) is 23.8. The standard InChI is InChI=1S/C31H31ClFN5O5/c1-18(28-34-23-8-9-24(30(39)40)35-29(23)38(28)17-20-10-15-41-20)36-11-13-37(14-12-36)25-4-3-5-26-27(25)43-31(2,42-26)21-7-6-19(32)16-22(21)33/h3-9,16,18,20H,10-15,17H2,1-2H3,(H,39,40)/t18?,20-,31+/m0/s1. The molecule has 0 amide bonds. The van der Waals surface area contributed by atoms with Gasteiger partial charge >= 0.3 is 5.97 Å². The number of hydrogen-bond acceptors (Lipinski definition) is 8. The number of aromatic carboxylic acids is 1. The van der Waals surface area contributed by atoms with Gasteiger partial charge in [-0.3, -0.25) is 4.90 Å². The van der Waals surface area contributed by atoms with Gasteiger partial charge in [-0.15, -0.1) is 0 Å². The molecule has 12 heteroatoms. The molecule has 3 atom stereocenters. The summed E-state index contributed by atoms with van der Waals surface area (Å²) in [5, 5.41) is 9.82. The van der Waals surface area contributed by atoms with Crippen molar-refractivity contribution in [2.45, 2.75) is 44.7 Å². The Morgan fingerprint density at radius 3 is 2.63 bits per heavy atom. The maximum Gasteiger partial charge on any atom is 0.354 e. The van der Waals surface area contributed by atoms with Crippen molar-refractivity contribution in [2.24, 2.45) is 0 Å². The number of pyridine rings is 1. The number of para-hydroxylation sites is 1. The van der Waals surface area contributed by atoms with Crippen LogP contribution in [0.5, 0.6) is 11.5 Å². The molecular weight excluding hydrogens is 577 g/mol. The van der Waals surface area contributed by atoms with Crippen LogP contribution in [0.3, 0.4) is 0 Å². The van der Waals surface area contributed by atoms with Crippen LogP contribution in [0.1, 0.15) is 48.2 Å². The molecule has 1 N–H and O–H groups in total. The van der Waals surface area contributed by atoms with Crippen LogP contribution in [0, 0.1) is 5.82 Å². The van der Waals surface area contributed by atoms with Gasteiger partial charge in [-0.2, -0.15) is 0 Å². The summed E-state index contributed by atoms with van der Waals surface area (Å²) in [7, 11) is 0. The van der Waals surface area contributed by atoms with Crippen molar-refractivity contribution in [3.63, 3.8) is 0 Å². The number of halogens is 2. The van der Waals surface area contributed by atoms with E-state index in [1.54, 1.807) is 25.1 Å². The Morgan fingerprint density at radius 2 is 1.93 bits per heavy atom. The number of rotatable bonds is 7. The van der Waals surface area contributed by atoms with E-state index >= 15 is 0 Å². The molecule has 2 saturated heterocycles. The number of nitrogens with zero attached hydrogens (tertiary/aromatic N) is 5. The zero-order chi connectivity index (χ0) is 29.9. The van der Waals surface area contributed by atoms with E-state index in [-0.39, 0.29) is 23.4 Å². The monoisotopic (exact) mass is 607 g/mol. The number of imidazole rings is 1. The summed E-state index contributed by atoms with van der Waals surface area (Å²) < 4.78 is 35.0. The molecule has 0 saturated carbocycles. The summed E-state index contributed by atoms with van der Waals surface area (Å²) in [6, 6.07) is 13.4. The van der Waals surface area contributed by atoms with Crippen molar-refractivity contribution in [2.75, 3.05) is 37.7 Å². The fraction of sp³-hybridized carbons (Fsp3) is 0.387. The smallest absolute Gasteiger partial charge is 0.354 e. The van der Waals surface area contributed by atoms with Gasteiger partial charge in [0.1, 0.15) is 17.2 Å². The van der Waals surface area contributed by atoms with E-state index in [2.05, 4.69) is 21.7 Å². The molecule has 10 nitrogen and oxygen atoms in total. The predicted octanol–water partition coefficient (Wildman–Crippen LogP) is 5.24. The van der Waals surface area contributed by atoms with E-state index in [4.69, 9.17) is 30.8 Å². The second-order valence-corrected chi connectivity index (χ2v) is 11.7. The normalized spacial score (nSPS) is 22.5. The lowest BCUT2D eigenvalue weighted by molar-refractivity contribution is -0.0705. The fourth-order valence-electron chi connectivity index (χ4n) is 6.11. The predicted molar refractivity (Wildman–Crippen MR) is 158 cm³/mol. The van der Waals surface area contributed by atoms with Gasteiger partial charge in [-0.25, -0.2) is 19.2 Å². The van der Waals surface area contributed by atoms with Crippen LogP contribution in [0.15, 0.2) is 48.5 Å². The highest BCUT2D eigenvalue weighted by Gasteiger charge is 2.43. The second-order valence-electron chi connectivity index (χ2n) is 11.3. The molecule has 2 aromatic carbocycles. The van der Waals surface area contributed by atoms with E-state index in [0.717, 1.165) is 50.7 Å². The highest BCUT2D eigenvalue weighted by molar-refractivity contribution is 6.30. The number of carbonyl (C=O) groups is 1. The van der Waals surface area contributed by atoms with Gasteiger partial charge in [0, 0.05) is 44.7 Å². The molecule has 0 radical (unpaired) electrons. The number of anilines is 1. The fourth-order valence-corrected chi connectivity index (χ4v) is 6.27. The van der Waals surface area contributed by atoms with Crippen LogP contribution >= 0.6 is 11.6 Å². The number of fused-ring (bicyclic) bond motifs is 2. The van der Waals surface area contributed by atoms with Crippen LogP contribution in [-0.2, 0) is 17.1 Å². The van der Waals surface area contributed by atoms with Crippen molar-refractivity contribution in [3.05, 3.63) is 76.5 Å². The van der Waals surface area contributed by atoms with E-state index < -0.39 is 17.6 Å². The molecular formula is C31H31ClFN5O5. The number of benzene rings is 2. The van der Waals surface area contributed by atoms with Crippen molar-refractivity contribution in [1.29, 1.82) is 0 Å². The lowest BCUT2D eigenvalue weighted by atomic mass is 10.1.